The number of benzene rings is 1. The second-order valence-corrected chi connectivity index (χ2v) is 7.67. The number of allylic oxidation sites excluding steroid dienone is 2. The van der Waals surface area contributed by atoms with Crippen LogP contribution in [0.1, 0.15) is 19.8 Å². The molecule has 5 nitrogen and oxygen atoms in total. The van der Waals surface area contributed by atoms with Crippen LogP contribution in [0.15, 0.2) is 41.3 Å². The Kier molecular flexibility index (Phi) is 4.06. The van der Waals surface area contributed by atoms with E-state index in [1.807, 2.05) is 0 Å². The number of sulfonamides is 1. The largest absolute Gasteiger partial charge is 0.326 e. The van der Waals surface area contributed by atoms with Crippen molar-refractivity contribution in [3.63, 3.8) is 0 Å². The van der Waals surface area contributed by atoms with Gasteiger partial charge >= 0.3 is 0 Å². The number of anilines is 1. The lowest BCUT2D eigenvalue weighted by Crippen LogP contribution is -2.26. The first-order valence-corrected chi connectivity index (χ1v) is 9.07. The topological polar surface area (TPSA) is 75.3 Å². The molecule has 2 N–H and O–H groups in total. The highest BCUT2D eigenvalue weighted by Crippen LogP contribution is 2.43. The third-order valence-corrected chi connectivity index (χ3v) is 5.94. The fourth-order valence-corrected chi connectivity index (χ4v) is 4.35. The molecule has 0 aliphatic heterocycles. The number of hydrogen-bond acceptors (Lipinski definition) is 3. The predicted octanol–water partition coefficient (Wildman–Crippen LogP) is 2.14. The molecule has 0 spiro atoms. The number of nitrogens with one attached hydrogen (secondary N) is 2. The van der Waals surface area contributed by atoms with E-state index in [1.54, 1.807) is 19.1 Å². The number of carbonyl (C=O) groups is 1. The molecule has 1 aromatic rings. The van der Waals surface area contributed by atoms with Gasteiger partial charge in [0.15, 0.2) is 0 Å². The first kappa shape index (κ1) is 15.2. The van der Waals surface area contributed by atoms with Crippen molar-refractivity contribution in [2.45, 2.75) is 24.7 Å². The molecule has 0 radical (unpaired) electrons. The van der Waals surface area contributed by atoms with Crippen LogP contribution in [-0.4, -0.2) is 20.9 Å². The standard InChI is InChI=1S/C16H20N2O3S/c1-2-17-22(20,21)14-7-5-13(6-8-14)18-16(19)15-10-11-3-4-12(15)9-11/h3-8,11-12,15,17H,2,9-10H2,1H3,(H,18,19)/t11-,12-,15-/m0/s1. The Morgan fingerprint density at radius 3 is 2.45 bits per heavy atom. The van der Waals surface area contributed by atoms with E-state index < -0.39 is 10.0 Å². The molecule has 2 aliphatic rings. The van der Waals surface area contributed by atoms with E-state index in [9.17, 15) is 13.2 Å². The third kappa shape index (κ3) is 2.94. The van der Waals surface area contributed by atoms with Gasteiger partial charge in [0.2, 0.25) is 15.9 Å². The number of fused-ring (bicyclic) bond motifs is 2. The molecule has 3 atom stereocenters. The molecule has 1 aromatic carbocycles. The molecule has 2 bridgehead atoms. The van der Waals surface area contributed by atoms with Gasteiger partial charge in [-0.1, -0.05) is 19.1 Å². The summed E-state index contributed by atoms with van der Waals surface area (Å²) in [5, 5.41) is 2.89. The maximum atomic E-state index is 12.3. The van der Waals surface area contributed by atoms with Gasteiger partial charge in [-0.2, -0.15) is 0 Å². The maximum absolute atomic E-state index is 12.3. The summed E-state index contributed by atoms with van der Waals surface area (Å²) >= 11 is 0. The highest BCUT2D eigenvalue weighted by molar-refractivity contribution is 7.89. The molecule has 0 unspecified atom stereocenters. The van der Waals surface area contributed by atoms with Crippen LogP contribution in [0.5, 0.6) is 0 Å². The lowest BCUT2D eigenvalue weighted by atomic mass is 9.93. The Bertz CT molecular complexity index is 695. The highest BCUT2D eigenvalue weighted by atomic mass is 32.2. The van der Waals surface area contributed by atoms with Gasteiger partial charge in [-0.3, -0.25) is 4.79 Å². The molecule has 0 saturated heterocycles. The lowest BCUT2D eigenvalue weighted by Gasteiger charge is -2.17. The maximum Gasteiger partial charge on any atom is 0.240 e. The summed E-state index contributed by atoms with van der Waals surface area (Å²) in [5.74, 6) is 0.978. The molecule has 1 saturated carbocycles. The molecule has 6 heteroatoms. The van der Waals surface area contributed by atoms with Gasteiger partial charge in [-0.15, -0.1) is 0 Å². The third-order valence-electron chi connectivity index (χ3n) is 4.38. The monoisotopic (exact) mass is 320 g/mol. The molecule has 0 aromatic heterocycles. The Morgan fingerprint density at radius 1 is 1.18 bits per heavy atom. The van der Waals surface area contributed by atoms with E-state index in [4.69, 9.17) is 0 Å². The van der Waals surface area contributed by atoms with Crippen LogP contribution in [0.3, 0.4) is 0 Å². The van der Waals surface area contributed by atoms with Crippen molar-refractivity contribution >= 4 is 21.6 Å². The minimum atomic E-state index is -3.45. The van der Waals surface area contributed by atoms with Crippen LogP contribution in [0, 0.1) is 17.8 Å². The molecular formula is C16H20N2O3S. The summed E-state index contributed by atoms with van der Waals surface area (Å²) in [7, 11) is -3.45. The van der Waals surface area contributed by atoms with Gasteiger partial charge in [0, 0.05) is 18.2 Å². The van der Waals surface area contributed by atoms with Gasteiger partial charge in [-0.05, 0) is 48.9 Å². The average Bonchev–Trinajstić information content (AvgIpc) is 3.10. The minimum absolute atomic E-state index is 0.0270. The highest BCUT2D eigenvalue weighted by Gasteiger charge is 2.39. The zero-order valence-electron chi connectivity index (χ0n) is 12.5. The second kappa shape index (κ2) is 5.85. The summed E-state index contributed by atoms with van der Waals surface area (Å²) in [6, 6.07) is 6.28. The van der Waals surface area contributed by atoms with Crippen molar-refractivity contribution in [2.75, 3.05) is 11.9 Å². The van der Waals surface area contributed by atoms with Crippen LogP contribution in [0.25, 0.3) is 0 Å². The van der Waals surface area contributed by atoms with Crippen molar-refractivity contribution in [1.29, 1.82) is 0 Å². The number of rotatable bonds is 5. The number of carbonyl (C=O) groups excluding carboxylic acids is 1. The molecule has 1 amide bonds. The Hall–Kier alpha value is -1.66. The van der Waals surface area contributed by atoms with E-state index in [-0.39, 0.29) is 16.7 Å². The van der Waals surface area contributed by atoms with Crippen LogP contribution in [0.4, 0.5) is 5.69 Å². The van der Waals surface area contributed by atoms with Crippen molar-refractivity contribution < 1.29 is 13.2 Å². The van der Waals surface area contributed by atoms with Crippen molar-refractivity contribution in [2.24, 2.45) is 17.8 Å². The zero-order chi connectivity index (χ0) is 15.7. The molecular weight excluding hydrogens is 300 g/mol. The molecule has 3 rings (SSSR count). The van der Waals surface area contributed by atoms with Crippen LogP contribution in [-0.2, 0) is 14.8 Å². The second-order valence-electron chi connectivity index (χ2n) is 5.90. The molecule has 22 heavy (non-hydrogen) atoms. The molecule has 0 heterocycles. The zero-order valence-corrected chi connectivity index (χ0v) is 13.3. The number of amides is 1. The van der Waals surface area contributed by atoms with Crippen LogP contribution >= 0.6 is 0 Å². The minimum Gasteiger partial charge on any atom is -0.326 e. The summed E-state index contributed by atoms with van der Waals surface area (Å²) in [6.07, 6.45) is 6.34. The van der Waals surface area contributed by atoms with Crippen molar-refractivity contribution in [3.8, 4) is 0 Å². The van der Waals surface area contributed by atoms with E-state index in [0.29, 0.717) is 24.1 Å². The van der Waals surface area contributed by atoms with Gasteiger partial charge in [0.25, 0.3) is 0 Å². The summed E-state index contributed by atoms with van der Waals surface area (Å²) in [5.41, 5.74) is 0.632. The Balaban J connectivity index is 1.66. The van der Waals surface area contributed by atoms with Gasteiger partial charge in [0.1, 0.15) is 0 Å². The fraction of sp³-hybridized carbons (Fsp3) is 0.438. The lowest BCUT2D eigenvalue weighted by molar-refractivity contribution is -0.120. The normalized spacial score (nSPS) is 26.3. The van der Waals surface area contributed by atoms with E-state index in [0.717, 1.165) is 12.8 Å². The van der Waals surface area contributed by atoms with Crippen LogP contribution in [0.2, 0.25) is 0 Å². The van der Waals surface area contributed by atoms with E-state index >= 15 is 0 Å². The van der Waals surface area contributed by atoms with Gasteiger partial charge < -0.3 is 5.32 Å². The first-order chi connectivity index (χ1) is 10.5. The first-order valence-electron chi connectivity index (χ1n) is 7.58. The van der Waals surface area contributed by atoms with Crippen molar-refractivity contribution in [3.05, 3.63) is 36.4 Å². The van der Waals surface area contributed by atoms with Crippen molar-refractivity contribution in [1.82, 2.24) is 4.72 Å². The smallest absolute Gasteiger partial charge is 0.240 e. The fourth-order valence-electron chi connectivity index (χ4n) is 3.31. The van der Waals surface area contributed by atoms with Gasteiger partial charge in [-0.25, -0.2) is 13.1 Å². The molecule has 1 fully saturated rings. The average molecular weight is 320 g/mol. The summed E-state index contributed by atoms with van der Waals surface area (Å²) < 4.78 is 26.1. The summed E-state index contributed by atoms with van der Waals surface area (Å²) in [4.78, 5) is 12.5. The predicted molar refractivity (Wildman–Crippen MR) is 84.8 cm³/mol. The van der Waals surface area contributed by atoms with Crippen LogP contribution < -0.4 is 10.0 Å². The SMILES string of the molecule is CCNS(=O)(=O)c1ccc(NC(=O)[C@H]2C[C@H]3C=C[C@H]2C3)cc1. The quantitative estimate of drug-likeness (QED) is 0.816. The molecule has 118 valence electrons. The molecule has 2 aliphatic carbocycles. The van der Waals surface area contributed by atoms with Gasteiger partial charge in [0.05, 0.1) is 4.90 Å². The van der Waals surface area contributed by atoms with E-state index in [2.05, 4.69) is 22.2 Å². The Morgan fingerprint density at radius 2 is 1.91 bits per heavy atom. The van der Waals surface area contributed by atoms with E-state index in [1.165, 1.54) is 12.1 Å². The summed E-state index contributed by atoms with van der Waals surface area (Å²) in [6.45, 7) is 2.08. The Labute approximate surface area is 130 Å². The number of hydrogen-bond donors (Lipinski definition) is 2.